The summed E-state index contributed by atoms with van der Waals surface area (Å²) in [6.45, 7) is 4.65. The Hall–Kier alpha value is -4.66. The zero-order valence-electron chi connectivity index (χ0n) is 21.0. The zero-order chi connectivity index (χ0) is 27.1. The second-order valence-corrected chi connectivity index (χ2v) is 8.32. The number of amides is 4. The molecule has 0 unspecified atom stereocenters. The fraction of sp³-hybridized carbons (Fsp3) is 0.207. The third-order valence-electron chi connectivity index (χ3n) is 5.59. The van der Waals surface area contributed by atoms with Gasteiger partial charge >= 0.3 is 6.03 Å². The van der Waals surface area contributed by atoms with Crippen molar-refractivity contribution in [1.29, 1.82) is 0 Å². The molecule has 0 atom stereocenters. The third kappa shape index (κ3) is 6.00. The lowest BCUT2D eigenvalue weighted by Gasteiger charge is -2.26. The molecule has 0 saturated carbocycles. The molecule has 1 aliphatic rings. The molecule has 196 valence electrons. The van der Waals surface area contributed by atoms with E-state index in [1.807, 2.05) is 6.92 Å². The number of hydrogen-bond donors (Lipinski definition) is 1. The fourth-order valence-corrected chi connectivity index (χ4v) is 3.74. The van der Waals surface area contributed by atoms with Crippen molar-refractivity contribution in [3.8, 4) is 17.2 Å². The standard InChI is InChI=1S/C29H27FN2O6/c1-3-15-37-22-12-10-21(11-13-22)32-28(34)23(27(33)31-29(32)35)16-19-9-14-25(26(17-19)36-4-2)38-18-20-7-5-6-8-24(20)30/h5-14,16-17H,3-4,15,18H2,1-2H3,(H,31,33,35)/b23-16-. The highest BCUT2D eigenvalue weighted by Crippen LogP contribution is 2.31. The van der Waals surface area contributed by atoms with E-state index in [0.717, 1.165) is 11.3 Å². The van der Waals surface area contributed by atoms with Crippen LogP contribution in [0.4, 0.5) is 14.9 Å². The molecule has 0 aliphatic carbocycles. The largest absolute Gasteiger partial charge is 0.494 e. The van der Waals surface area contributed by atoms with Gasteiger partial charge in [0.1, 0.15) is 23.7 Å². The summed E-state index contributed by atoms with van der Waals surface area (Å²) in [7, 11) is 0. The molecular weight excluding hydrogens is 491 g/mol. The lowest BCUT2D eigenvalue weighted by atomic mass is 10.1. The van der Waals surface area contributed by atoms with E-state index < -0.39 is 17.8 Å². The molecule has 1 heterocycles. The van der Waals surface area contributed by atoms with Crippen LogP contribution in [0.25, 0.3) is 6.08 Å². The highest BCUT2D eigenvalue weighted by molar-refractivity contribution is 6.39. The Morgan fingerprint density at radius 3 is 2.37 bits per heavy atom. The van der Waals surface area contributed by atoms with Gasteiger partial charge in [-0.25, -0.2) is 14.1 Å². The number of carbonyl (C=O) groups excluding carboxylic acids is 3. The molecule has 0 radical (unpaired) electrons. The topological polar surface area (TPSA) is 94.2 Å². The van der Waals surface area contributed by atoms with Gasteiger partial charge in [-0.2, -0.15) is 0 Å². The van der Waals surface area contributed by atoms with Crippen molar-refractivity contribution in [2.24, 2.45) is 0 Å². The minimum Gasteiger partial charge on any atom is -0.494 e. The van der Waals surface area contributed by atoms with E-state index in [0.29, 0.717) is 47.3 Å². The van der Waals surface area contributed by atoms with Crippen LogP contribution >= 0.6 is 0 Å². The summed E-state index contributed by atoms with van der Waals surface area (Å²) in [5, 5.41) is 2.21. The molecule has 0 spiro atoms. The lowest BCUT2D eigenvalue weighted by Crippen LogP contribution is -2.54. The minimum atomic E-state index is -0.841. The summed E-state index contributed by atoms with van der Waals surface area (Å²) in [5.41, 5.74) is 0.933. The molecule has 1 aliphatic heterocycles. The maximum absolute atomic E-state index is 14.0. The second-order valence-electron chi connectivity index (χ2n) is 8.32. The molecule has 1 saturated heterocycles. The Balaban J connectivity index is 1.58. The normalized spacial score (nSPS) is 14.4. The van der Waals surface area contributed by atoms with Crippen molar-refractivity contribution in [1.82, 2.24) is 5.32 Å². The molecule has 1 N–H and O–H groups in total. The molecule has 0 aromatic heterocycles. The number of barbiturate groups is 1. The molecule has 4 rings (SSSR count). The van der Waals surface area contributed by atoms with Gasteiger partial charge in [0.15, 0.2) is 11.5 Å². The monoisotopic (exact) mass is 518 g/mol. The maximum atomic E-state index is 14.0. The molecule has 0 bridgehead atoms. The average Bonchev–Trinajstić information content (AvgIpc) is 2.91. The number of hydrogen-bond acceptors (Lipinski definition) is 6. The highest BCUT2D eigenvalue weighted by atomic mass is 19.1. The van der Waals surface area contributed by atoms with Crippen molar-refractivity contribution < 1.29 is 33.0 Å². The molecule has 38 heavy (non-hydrogen) atoms. The molecular formula is C29H27FN2O6. The Bertz CT molecular complexity index is 1370. The number of urea groups is 1. The summed E-state index contributed by atoms with van der Waals surface area (Å²) in [5.74, 6) is -0.615. The van der Waals surface area contributed by atoms with Gasteiger partial charge in [0.05, 0.1) is 18.9 Å². The van der Waals surface area contributed by atoms with Crippen LogP contribution in [-0.4, -0.2) is 31.1 Å². The fourth-order valence-electron chi connectivity index (χ4n) is 3.74. The number of anilines is 1. The molecule has 1 fully saturated rings. The van der Waals surface area contributed by atoms with E-state index in [4.69, 9.17) is 14.2 Å². The number of carbonyl (C=O) groups is 3. The number of nitrogens with zero attached hydrogens (tertiary/aromatic N) is 1. The molecule has 3 aromatic rings. The van der Waals surface area contributed by atoms with Gasteiger partial charge in [-0.05, 0) is 67.4 Å². The number of halogens is 1. The predicted octanol–water partition coefficient (Wildman–Crippen LogP) is 5.26. The Labute approximate surface area is 219 Å². The van der Waals surface area contributed by atoms with Gasteiger partial charge in [0.2, 0.25) is 0 Å². The second kappa shape index (κ2) is 12.1. The third-order valence-corrected chi connectivity index (χ3v) is 5.59. The summed E-state index contributed by atoms with van der Waals surface area (Å²) >= 11 is 0. The van der Waals surface area contributed by atoms with E-state index in [1.165, 1.54) is 12.1 Å². The van der Waals surface area contributed by atoms with Crippen LogP contribution in [0, 0.1) is 5.82 Å². The van der Waals surface area contributed by atoms with Gasteiger partial charge < -0.3 is 14.2 Å². The van der Waals surface area contributed by atoms with Crippen molar-refractivity contribution >= 4 is 29.6 Å². The number of benzene rings is 3. The van der Waals surface area contributed by atoms with Crippen LogP contribution < -0.4 is 24.4 Å². The molecule has 4 amide bonds. The first-order valence-electron chi connectivity index (χ1n) is 12.2. The minimum absolute atomic E-state index is 0.00653. The average molecular weight is 519 g/mol. The molecule has 8 nitrogen and oxygen atoms in total. The lowest BCUT2D eigenvalue weighted by molar-refractivity contribution is -0.122. The van der Waals surface area contributed by atoms with Gasteiger partial charge in [-0.1, -0.05) is 31.2 Å². The number of nitrogens with one attached hydrogen (secondary N) is 1. The van der Waals surface area contributed by atoms with Crippen LogP contribution in [0.5, 0.6) is 17.2 Å². The first-order valence-corrected chi connectivity index (χ1v) is 12.2. The van der Waals surface area contributed by atoms with Gasteiger partial charge in [0.25, 0.3) is 11.8 Å². The van der Waals surface area contributed by atoms with Crippen LogP contribution in [-0.2, 0) is 16.2 Å². The zero-order valence-corrected chi connectivity index (χ0v) is 21.0. The van der Waals surface area contributed by atoms with Crippen LogP contribution in [0.1, 0.15) is 31.4 Å². The van der Waals surface area contributed by atoms with Crippen LogP contribution in [0.2, 0.25) is 0 Å². The molecule has 3 aromatic carbocycles. The van der Waals surface area contributed by atoms with Crippen LogP contribution in [0.15, 0.2) is 72.3 Å². The van der Waals surface area contributed by atoms with E-state index in [1.54, 1.807) is 67.6 Å². The van der Waals surface area contributed by atoms with E-state index in [-0.39, 0.29) is 18.0 Å². The van der Waals surface area contributed by atoms with Crippen molar-refractivity contribution in [2.75, 3.05) is 18.1 Å². The summed E-state index contributed by atoms with van der Waals surface area (Å²) < 4.78 is 31.0. The van der Waals surface area contributed by atoms with Crippen molar-refractivity contribution in [2.45, 2.75) is 26.9 Å². The quantitative estimate of drug-likeness (QED) is 0.291. The summed E-state index contributed by atoms with van der Waals surface area (Å²) in [6.07, 6.45) is 2.22. The Morgan fingerprint density at radius 2 is 1.66 bits per heavy atom. The summed E-state index contributed by atoms with van der Waals surface area (Å²) in [4.78, 5) is 39.2. The van der Waals surface area contributed by atoms with Crippen LogP contribution in [0.3, 0.4) is 0 Å². The van der Waals surface area contributed by atoms with Crippen molar-refractivity contribution in [3.05, 3.63) is 89.2 Å². The first kappa shape index (κ1) is 26.4. The van der Waals surface area contributed by atoms with E-state index in [2.05, 4.69) is 5.32 Å². The van der Waals surface area contributed by atoms with Gasteiger partial charge in [0, 0.05) is 5.56 Å². The smallest absolute Gasteiger partial charge is 0.335 e. The SMILES string of the molecule is CCCOc1ccc(N2C(=O)NC(=O)/C(=C/c3ccc(OCc4ccccc4F)c(OCC)c3)C2=O)cc1. The van der Waals surface area contributed by atoms with E-state index in [9.17, 15) is 18.8 Å². The number of imide groups is 2. The van der Waals surface area contributed by atoms with Gasteiger partial charge in [-0.3, -0.25) is 14.9 Å². The van der Waals surface area contributed by atoms with Crippen molar-refractivity contribution in [3.63, 3.8) is 0 Å². The predicted molar refractivity (Wildman–Crippen MR) is 140 cm³/mol. The first-order chi connectivity index (χ1) is 18.4. The Morgan fingerprint density at radius 1 is 0.895 bits per heavy atom. The van der Waals surface area contributed by atoms with Gasteiger partial charge in [-0.15, -0.1) is 0 Å². The number of ether oxygens (including phenoxy) is 3. The maximum Gasteiger partial charge on any atom is 0.335 e. The molecule has 9 heteroatoms. The highest BCUT2D eigenvalue weighted by Gasteiger charge is 2.36. The summed E-state index contributed by atoms with van der Waals surface area (Å²) in [6, 6.07) is 16.8. The number of rotatable bonds is 10. The van der Waals surface area contributed by atoms with E-state index >= 15 is 0 Å². The Kier molecular flexibility index (Phi) is 8.37.